The molecule has 1 aliphatic heterocycles. The summed E-state index contributed by atoms with van der Waals surface area (Å²) in [6.45, 7) is 2.83. The van der Waals surface area contributed by atoms with Crippen molar-refractivity contribution in [3.05, 3.63) is 65.5 Å². The molecule has 1 heterocycles. The number of halogens is 1. The van der Waals surface area contributed by atoms with Crippen molar-refractivity contribution in [2.45, 2.75) is 44.8 Å². The molecule has 0 saturated carbocycles. The lowest BCUT2D eigenvalue weighted by molar-refractivity contribution is -0.135. The Kier molecular flexibility index (Phi) is 6.45. The van der Waals surface area contributed by atoms with Gasteiger partial charge in [-0.05, 0) is 54.7 Å². The van der Waals surface area contributed by atoms with Gasteiger partial charge >= 0.3 is 0 Å². The van der Waals surface area contributed by atoms with Gasteiger partial charge < -0.3 is 15.2 Å². The maximum Gasteiger partial charge on any atom is 0.226 e. The maximum absolute atomic E-state index is 13.0. The predicted molar refractivity (Wildman–Crippen MR) is 102 cm³/mol. The summed E-state index contributed by atoms with van der Waals surface area (Å²) < 4.78 is 18.7. The molecule has 0 aliphatic carbocycles. The molecule has 3 rings (SSSR count). The molecule has 1 saturated heterocycles. The lowest BCUT2D eigenvalue weighted by atomic mass is 9.81. The Hall–Kier alpha value is -2.40. The van der Waals surface area contributed by atoms with Crippen molar-refractivity contribution >= 4 is 5.91 Å². The van der Waals surface area contributed by atoms with Crippen LogP contribution in [0.15, 0.2) is 48.5 Å². The lowest BCUT2D eigenvalue weighted by Crippen LogP contribution is -2.51. The SMILES string of the molecule is CCCCOc1ccc(C2NC(=O)[C@@H]2CCC(O)c2ccc(F)cc2)cc1. The Labute approximate surface area is 159 Å². The Bertz CT molecular complexity index is 745. The fourth-order valence-electron chi connectivity index (χ4n) is 3.32. The summed E-state index contributed by atoms with van der Waals surface area (Å²) in [4.78, 5) is 12.0. The van der Waals surface area contributed by atoms with Crippen LogP contribution in [0, 0.1) is 11.7 Å². The van der Waals surface area contributed by atoms with Crippen LogP contribution in [-0.4, -0.2) is 17.6 Å². The number of rotatable bonds is 9. The summed E-state index contributed by atoms with van der Waals surface area (Å²) >= 11 is 0. The third-order valence-corrected chi connectivity index (χ3v) is 5.05. The number of carbonyl (C=O) groups is 1. The van der Waals surface area contributed by atoms with Gasteiger partial charge in [-0.3, -0.25) is 4.79 Å². The van der Waals surface area contributed by atoms with E-state index in [1.54, 1.807) is 12.1 Å². The number of aliphatic hydroxyl groups is 1. The number of nitrogens with one attached hydrogen (secondary N) is 1. The van der Waals surface area contributed by atoms with Gasteiger partial charge in [-0.2, -0.15) is 0 Å². The third kappa shape index (κ3) is 4.86. The number of amides is 1. The molecule has 4 nitrogen and oxygen atoms in total. The molecule has 144 valence electrons. The van der Waals surface area contributed by atoms with E-state index < -0.39 is 6.10 Å². The van der Waals surface area contributed by atoms with E-state index in [0.717, 1.165) is 24.2 Å². The number of unbranched alkanes of at least 4 members (excludes halogenated alkanes) is 1. The zero-order valence-corrected chi connectivity index (χ0v) is 15.5. The summed E-state index contributed by atoms with van der Waals surface area (Å²) in [5.41, 5.74) is 1.71. The van der Waals surface area contributed by atoms with Crippen LogP contribution in [0.5, 0.6) is 5.75 Å². The second-order valence-electron chi connectivity index (χ2n) is 7.01. The van der Waals surface area contributed by atoms with Crippen LogP contribution in [0.1, 0.15) is 55.9 Å². The number of hydrogen-bond donors (Lipinski definition) is 2. The van der Waals surface area contributed by atoms with Gasteiger partial charge in [-0.1, -0.05) is 37.6 Å². The van der Waals surface area contributed by atoms with Gasteiger partial charge in [0.05, 0.1) is 24.7 Å². The Balaban J connectivity index is 1.54. The predicted octanol–water partition coefficient (Wildman–Crippen LogP) is 4.31. The van der Waals surface area contributed by atoms with Crippen LogP contribution in [0.4, 0.5) is 4.39 Å². The fourth-order valence-corrected chi connectivity index (χ4v) is 3.32. The van der Waals surface area contributed by atoms with Crippen LogP contribution >= 0.6 is 0 Å². The minimum atomic E-state index is -0.700. The van der Waals surface area contributed by atoms with Gasteiger partial charge in [-0.25, -0.2) is 4.39 Å². The summed E-state index contributed by atoms with van der Waals surface area (Å²) in [7, 11) is 0. The number of carbonyl (C=O) groups excluding carboxylic acids is 1. The Morgan fingerprint density at radius 1 is 1.15 bits per heavy atom. The number of benzene rings is 2. The molecule has 3 atom stereocenters. The van der Waals surface area contributed by atoms with E-state index in [1.807, 2.05) is 24.3 Å². The minimum absolute atomic E-state index is 0.00887. The van der Waals surface area contributed by atoms with Crippen molar-refractivity contribution in [3.63, 3.8) is 0 Å². The molecule has 0 spiro atoms. The van der Waals surface area contributed by atoms with E-state index in [2.05, 4.69) is 12.2 Å². The van der Waals surface area contributed by atoms with Gasteiger partial charge in [0.2, 0.25) is 5.91 Å². The van der Waals surface area contributed by atoms with Crippen LogP contribution < -0.4 is 10.1 Å². The first-order valence-corrected chi connectivity index (χ1v) is 9.55. The number of hydrogen-bond acceptors (Lipinski definition) is 3. The molecule has 0 aromatic heterocycles. The maximum atomic E-state index is 13.0. The summed E-state index contributed by atoms with van der Waals surface area (Å²) in [5, 5.41) is 13.2. The number of β-lactam (4-membered cyclic amide) rings is 1. The molecule has 0 radical (unpaired) electrons. The van der Waals surface area contributed by atoms with Crippen LogP contribution in [0.2, 0.25) is 0 Å². The van der Waals surface area contributed by atoms with Crippen LogP contribution in [0.25, 0.3) is 0 Å². The lowest BCUT2D eigenvalue weighted by Gasteiger charge is -2.37. The van der Waals surface area contributed by atoms with E-state index in [9.17, 15) is 14.3 Å². The quantitative estimate of drug-likeness (QED) is 0.510. The van der Waals surface area contributed by atoms with Crippen LogP contribution in [-0.2, 0) is 4.79 Å². The fraction of sp³-hybridized carbons (Fsp3) is 0.409. The van der Waals surface area contributed by atoms with E-state index in [0.29, 0.717) is 25.0 Å². The van der Waals surface area contributed by atoms with Crippen molar-refractivity contribution in [3.8, 4) is 5.75 Å². The summed E-state index contributed by atoms with van der Waals surface area (Å²) in [6, 6.07) is 13.6. The van der Waals surface area contributed by atoms with Gasteiger partial charge in [0.25, 0.3) is 0 Å². The molecular weight excluding hydrogens is 345 g/mol. The van der Waals surface area contributed by atoms with E-state index >= 15 is 0 Å². The monoisotopic (exact) mass is 371 g/mol. The second kappa shape index (κ2) is 9.00. The van der Waals surface area contributed by atoms with E-state index in [1.165, 1.54) is 12.1 Å². The molecule has 5 heteroatoms. The highest BCUT2D eigenvalue weighted by molar-refractivity contribution is 5.86. The third-order valence-electron chi connectivity index (χ3n) is 5.05. The first-order valence-electron chi connectivity index (χ1n) is 9.55. The zero-order valence-electron chi connectivity index (χ0n) is 15.5. The van der Waals surface area contributed by atoms with Crippen molar-refractivity contribution < 1.29 is 19.0 Å². The van der Waals surface area contributed by atoms with Gasteiger partial charge in [0, 0.05) is 0 Å². The highest BCUT2D eigenvalue weighted by Gasteiger charge is 2.39. The normalized spacial score (nSPS) is 19.9. The van der Waals surface area contributed by atoms with Crippen molar-refractivity contribution in [2.75, 3.05) is 6.61 Å². The van der Waals surface area contributed by atoms with Gasteiger partial charge in [0.1, 0.15) is 11.6 Å². The van der Waals surface area contributed by atoms with Crippen LogP contribution in [0.3, 0.4) is 0 Å². The van der Waals surface area contributed by atoms with Crippen molar-refractivity contribution in [2.24, 2.45) is 5.92 Å². The molecule has 2 aromatic rings. The van der Waals surface area contributed by atoms with E-state index in [4.69, 9.17) is 4.74 Å². The molecule has 27 heavy (non-hydrogen) atoms. The second-order valence-corrected chi connectivity index (χ2v) is 7.01. The van der Waals surface area contributed by atoms with Crippen molar-refractivity contribution in [1.29, 1.82) is 0 Å². The highest BCUT2D eigenvalue weighted by atomic mass is 19.1. The molecule has 2 unspecified atom stereocenters. The molecular formula is C22H26FNO3. The molecule has 2 N–H and O–H groups in total. The first kappa shape index (κ1) is 19.4. The zero-order chi connectivity index (χ0) is 19.2. The highest BCUT2D eigenvalue weighted by Crippen LogP contribution is 2.36. The average Bonchev–Trinajstić information content (AvgIpc) is 2.67. The van der Waals surface area contributed by atoms with Gasteiger partial charge in [0.15, 0.2) is 0 Å². The summed E-state index contributed by atoms with van der Waals surface area (Å²) in [5.74, 6) is 0.356. The largest absolute Gasteiger partial charge is 0.494 e. The van der Waals surface area contributed by atoms with Gasteiger partial charge in [-0.15, -0.1) is 0 Å². The number of ether oxygens (including phenoxy) is 1. The molecule has 1 aliphatic rings. The van der Waals surface area contributed by atoms with Crippen molar-refractivity contribution in [1.82, 2.24) is 5.32 Å². The molecule has 2 aromatic carbocycles. The molecule has 1 fully saturated rings. The smallest absolute Gasteiger partial charge is 0.226 e. The molecule has 0 bridgehead atoms. The standard InChI is InChI=1S/C22H26FNO3/c1-2-3-14-27-18-10-6-16(7-11-18)21-19(22(26)24-21)12-13-20(25)15-4-8-17(23)9-5-15/h4-11,19-21,25H,2-3,12-14H2,1H3,(H,24,26)/t19-,20?,21?/m1/s1. The number of aliphatic hydroxyl groups excluding tert-OH is 1. The Morgan fingerprint density at radius 2 is 1.85 bits per heavy atom. The topological polar surface area (TPSA) is 58.6 Å². The first-order chi connectivity index (χ1) is 13.1. The molecule has 1 amide bonds. The Morgan fingerprint density at radius 3 is 2.48 bits per heavy atom. The van der Waals surface area contributed by atoms with E-state index in [-0.39, 0.29) is 23.7 Å². The summed E-state index contributed by atoms with van der Waals surface area (Å²) in [6.07, 6.45) is 2.45. The minimum Gasteiger partial charge on any atom is -0.494 e. The average molecular weight is 371 g/mol.